The van der Waals surface area contributed by atoms with Crippen LogP contribution in [-0.4, -0.2) is 16.6 Å². The van der Waals surface area contributed by atoms with Crippen LogP contribution < -0.4 is 0 Å². The third-order valence-electron chi connectivity index (χ3n) is 5.92. The first-order valence-electron chi connectivity index (χ1n) is 11.8. The highest BCUT2D eigenvalue weighted by molar-refractivity contribution is 7.99. The zero-order chi connectivity index (χ0) is 26.4. The summed E-state index contributed by atoms with van der Waals surface area (Å²) in [4.78, 5) is 12.1. The summed E-state index contributed by atoms with van der Waals surface area (Å²) < 4.78 is 67.7. The second-order valence-corrected chi connectivity index (χ2v) is 9.33. The molecule has 2 nitrogen and oxygen atoms in total. The predicted molar refractivity (Wildman–Crippen MR) is 130 cm³/mol. The van der Waals surface area contributed by atoms with Crippen molar-refractivity contribution in [1.29, 1.82) is 0 Å². The molecule has 1 aliphatic carbocycles. The third kappa shape index (κ3) is 6.08. The molecule has 3 rings (SSSR count). The Bertz CT molecular complexity index is 1070. The lowest BCUT2D eigenvalue weighted by Gasteiger charge is -2.26. The van der Waals surface area contributed by atoms with Crippen molar-refractivity contribution in [2.24, 2.45) is 5.92 Å². The Kier molecular flexibility index (Phi) is 10.4. The molecule has 1 aliphatic rings. The summed E-state index contributed by atoms with van der Waals surface area (Å²) in [6.45, 7) is 9.96. The number of aryl methyl sites for hydroxylation is 3. The zero-order valence-corrected chi connectivity index (χ0v) is 21.4. The van der Waals surface area contributed by atoms with Gasteiger partial charge in [0.05, 0.1) is 10.5 Å². The first-order chi connectivity index (χ1) is 16.6. The second kappa shape index (κ2) is 12.6. The summed E-state index contributed by atoms with van der Waals surface area (Å²) in [6.07, 6.45) is 2.02. The monoisotopic (exact) mass is 514 g/mol. The van der Waals surface area contributed by atoms with Gasteiger partial charge in [-0.15, -0.1) is 11.8 Å². The standard InChI is InChI=1S/C25H25F5O2S.C2H6/c1-4-14-8-12(3)9-15(5-2)18(14)19-16(31)10-13(11-17(19)32)6-7-33-25-23(29)21(27)20(26)22(28)24(25)30;1-2/h8-9,13,31H,4-7,10-11H2,1-3H3;1-2H3. The van der Waals surface area contributed by atoms with Crippen LogP contribution in [0.5, 0.6) is 0 Å². The van der Waals surface area contributed by atoms with Gasteiger partial charge >= 0.3 is 0 Å². The van der Waals surface area contributed by atoms with E-state index in [0.29, 0.717) is 30.2 Å². The fraction of sp³-hybridized carbons (Fsp3) is 0.444. The summed E-state index contributed by atoms with van der Waals surface area (Å²) in [6, 6.07) is 4.02. The van der Waals surface area contributed by atoms with Gasteiger partial charge in [-0.3, -0.25) is 4.79 Å². The van der Waals surface area contributed by atoms with E-state index in [1.165, 1.54) is 0 Å². The van der Waals surface area contributed by atoms with E-state index in [-0.39, 0.29) is 42.5 Å². The molecule has 0 aromatic heterocycles. The highest BCUT2D eigenvalue weighted by Gasteiger charge is 2.31. The molecule has 0 radical (unpaired) electrons. The minimum atomic E-state index is -2.19. The van der Waals surface area contributed by atoms with Crippen molar-refractivity contribution in [3.63, 3.8) is 0 Å². The van der Waals surface area contributed by atoms with Gasteiger partial charge in [-0.1, -0.05) is 45.4 Å². The molecule has 2 aromatic carbocycles. The van der Waals surface area contributed by atoms with Gasteiger partial charge in [0.1, 0.15) is 5.76 Å². The lowest BCUT2D eigenvalue weighted by molar-refractivity contribution is -0.115. The first kappa shape index (κ1) is 28.9. The molecule has 1 N–H and O–H groups in total. The molecule has 0 spiro atoms. The van der Waals surface area contributed by atoms with Crippen LogP contribution in [-0.2, 0) is 17.6 Å². The molecule has 2 aromatic rings. The molecular weight excluding hydrogens is 483 g/mol. The van der Waals surface area contributed by atoms with E-state index in [2.05, 4.69) is 0 Å². The van der Waals surface area contributed by atoms with Crippen LogP contribution in [0.3, 0.4) is 0 Å². The number of aliphatic hydroxyl groups is 1. The molecule has 0 heterocycles. The molecule has 1 atom stereocenters. The largest absolute Gasteiger partial charge is 0.512 e. The van der Waals surface area contributed by atoms with Crippen LogP contribution in [0.1, 0.15) is 69.2 Å². The number of benzene rings is 2. The van der Waals surface area contributed by atoms with E-state index in [1.54, 1.807) is 0 Å². The number of Topliss-reactive ketones (excluding diaryl/α,β-unsaturated/α-hetero) is 1. The summed E-state index contributed by atoms with van der Waals surface area (Å²) in [7, 11) is 0. The number of ketones is 1. The van der Waals surface area contributed by atoms with E-state index >= 15 is 0 Å². The lowest BCUT2D eigenvalue weighted by atomic mass is 9.79. The normalized spacial score (nSPS) is 15.8. The maximum absolute atomic E-state index is 13.9. The molecule has 0 saturated heterocycles. The smallest absolute Gasteiger partial charge is 0.200 e. The highest BCUT2D eigenvalue weighted by atomic mass is 32.2. The zero-order valence-electron chi connectivity index (χ0n) is 20.6. The van der Waals surface area contributed by atoms with Gasteiger partial charge < -0.3 is 5.11 Å². The first-order valence-corrected chi connectivity index (χ1v) is 12.8. The number of rotatable bonds is 7. The van der Waals surface area contributed by atoms with Crippen molar-refractivity contribution in [1.82, 2.24) is 0 Å². The SMILES string of the molecule is CC.CCc1cc(C)cc(CC)c1C1=C(O)CC(CCSc2c(F)c(F)c(F)c(F)c2F)CC1=O. The molecule has 8 heteroatoms. The average Bonchev–Trinajstić information content (AvgIpc) is 2.84. The number of halogens is 5. The quantitative estimate of drug-likeness (QED) is 0.175. The summed E-state index contributed by atoms with van der Waals surface area (Å²) in [5.41, 5.74) is 4.16. The number of aliphatic hydroxyl groups excluding tert-OH is 1. The van der Waals surface area contributed by atoms with E-state index < -0.39 is 34.0 Å². The van der Waals surface area contributed by atoms with E-state index in [0.717, 1.165) is 22.3 Å². The Morgan fingerprint density at radius 2 is 1.37 bits per heavy atom. The second-order valence-electron chi connectivity index (χ2n) is 8.22. The van der Waals surface area contributed by atoms with Gasteiger partial charge in [0.2, 0.25) is 5.82 Å². The Hall–Kier alpha value is -2.35. The molecule has 0 fully saturated rings. The van der Waals surface area contributed by atoms with Gasteiger partial charge in [0.15, 0.2) is 29.1 Å². The number of thioether (sulfide) groups is 1. The third-order valence-corrected chi connectivity index (χ3v) is 7.01. The Morgan fingerprint density at radius 3 is 1.83 bits per heavy atom. The summed E-state index contributed by atoms with van der Waals surface area (Å²) in [5.74, 6) is -10.4. The Balaban J connectivity index is 0.00000210. The molecule has 192 valence electrons. The molecular formula is C27H31F5O2S. The van der Waals surface area contributed by atoms with Crippen molar-refractivity contribution < 1.29 is 31.9 Å². The van der Waals surface area contributed by atoms with Gasteiger partial charge in [-0.25, -0.2) is 22.0 Å². The summed E-state index contributed by atoms with van der Waals surface area (Å²) >= 11 is 0.512. The summed E-state index contributed by atoms with van der Waals surface area (Å²) in [5, 5.41) is 10.8. The minimum absolute atomic E-state index is 0.0225. The van der Waals surface area contributed by atoms with Gasteiger partial charge in [-0.05, 0) is 54.5 Å². The molecule has 1 unspecified atom stereocenters. The molecule has 0 amide bonds. The molecule has 35 heavy (non-hydrogen) atoms. The van der Waals surface area contributed by atoms with Gasteiger partial charge in [0.25, 0.3) is 0 Å². The van der Waals surface area contributed by atoms with Crippen LogP contribution >= 0.6 is 11.8 Å². The maximum atomic E-state index is 13.9. The highest BCUT2D eigenvalue weighted by Crippen LogP contribution is 2.39. The predicted octanol–water partition coefficient (Wildman–Crippen LogP) is 8.27. The van der Waals surface area contributed by atoms with E-state index in [1.807, 2.05) is 46.8 Å². The lowest BCUT2D eigenvalue weighted by Crippen LogP contribution is -2.21. The van der Waals surface area contributed by atoms with E-state index in [9.17, 15) is 31.9 Å². The van der Waals surface area contributed by atoms with Crippen molar-refractivity contribution in [2.75, 3.05) is 5.75 Å². The average molecular weight is 515 g/mol. The van der Waals surface area contributed by atoms with Crippen molar-refractivity contribution in [3.8, 4) is 0 Å². The number of hydrogen-bond donors (Lipinski definition) is 1. The van der Waals surface area contributed by atoms with Crippen molar-refractivity contribution >= 4 is 23.1 Å². The van der Waals surface area contributed by atoms with E-state index in [4.69, 9.17) is 0 Å². The molecule has 0 bridgehead atoms. The maximum Gasteiger partial charge on any atom is 0.200 e. The molecule has 0 saturated carbocycles. The fourth-order valence-electron chi connectivity index (χ4n) is 4.32. The van der Waals surface area contributed by atoms with Crippen molar-refractivity contribution in [2.45, 2.75) is 71.6 Å². The van der Waals surface area contributed by atoms with Gasteiger partial charge in [-0.2, -0.15) is 0 Å². The number of carbonyl (C=O) groups is 1. The minimum Gasteiger partial charge on any atom is -0.512 e. The Labute approximate surface area is 207 Å². The number of hydrogen-bond acceptors (Lipinski definition) is 3. The van der Waals surface area contributed by atoms with Crippen LogP contribution in [0.4, 0.5) is 22.0 Å². The fourth-order valence-corrected chi connectivity index (χ4v) is 5.41. The number of carbonyl (C=O) groups excluding carboxylic acids is 1. The van der Waals surface area contributed by atoms with Crippen LogP contribution in [0.15, 0.2) is 22.8 Å². The van der Waals surface area contributed by atoms with Crippen LogP contribution in [0, 0.1) is 41.9 Å². The molecule has 0 aliphatic heterocycles. The van der Waals surface area contributed by atoms with Gasteiger partial charge in [0, 0.05) is 12.8 Å². The Morgan fingerprint density at radius 1 is 0.886 bits per heavy atom. The van der Waals surface area contributed by atoms with Crippen LogP contribution in [0.2, 0.25) is 0 Å². The number of allylic oxidation sites excluding steroid dienone is 2. The topological polar surface area (TPSA) is 37.3 Å². The van der Waals surface area contributed by atoms with Crippen molar-refractivity contribution in [3.05, 3.63) is 69.2 Å². The van der Waals surface area contributed by atoms with Crippen LogP contribution in [0.25, 0.3) is 5.57 Å².